The van der Waals surface area contributed by atoms with Gasteiger partial charge in [-0.05, 0) is 12.1 Å². The largest absolute Gasteiger partial charge is 0.360 e. The van der Waals surface area contributed by atoms with Crippen molar-refractivity contribution in [2.24, 2.45) is 0 Å². The summed E-state index contributed by atoms with van der Waals surface area (Å²) in [6.07, 6.45) is 1.90. The van der Waals surface area contributed by atoms with E-state index in [4.69, 9.17) is 4.74 Å². The summed E-state index contributed by atoms with van der Waals surface area (Å²) in [6.45, 7) is 8.48. The van der Waals surface area contributed by atoms with Gasteiger partial charge in [0.1, 0.15) is 6.73 Å². The van der Waals surface area contributed by atoms with Crippen molar-refractivity contribution in [1.82, 2.24) is 9.78 Å². The predicted octanol–water partition coefficient (Wildman–Crippen LogP) is 4.52. The lowest BCUT2D eigenvalue weighted by Gasteiger charge is -2.27. The lowest BCUT2D eigenvalue weighted by atomic mass is 10.3. The van der Waals surface area contributed by atoms with Gasteiger partial charge in [-0.25, -0.2) is 4.68 Å². The van der Waals surface area contributed by atoms with Gasteiger partial charge in [-0.15, -0.1) is 0 Å². The van der Waals surface area contributed by atoms with Gasteiger partial charge in [-0.1, -0.05) is 57.1 Å². The fourth-order valence-corrected chi connectivity index (χ4v) is 5.99. The van der Waals surface area contributed by atoms with Crippen LogP contribution in [0.3, 0.4) is 0 Å². The molecular formula is C16H26N2OSi. The molecule has 0 atom stereocenters. The molecule has 0 N–H and O–H groups in total. The molecule has 0 aliphatic rings. The van der Waals surface area contributed by atoms with Gasteiger partial charge < -0.3 is 4.74 Å². The zero-order valence-corrected chi connectivity index (χ0v) is 13.9. The SMILES string of the molecule is CC[Si](CC)(CC)CCOCn1ncc2ccccc21. The molecule has 0 saturated carbocycles. The van der Waals surface area contributed by atoms with Crippen molar-refractivity contribution in [2.75, 3.05) is 6.61 Å². The fourth-order valence-electron chi connectivity index (χ4n) is 2.85. The molecule has 0 bridgehead atoms. The number of aromatic nitrogens is 2. The Balaban J connectivity index is 1.87. The van der Waals surface area contributed by atoms with Crippen molar-refractivity contribution < 1.29 is 4.74 Å². The Bertz CT molecular complexity index is 526. The zero-order chi connectivity index (χ0) is 14.4. The summed E-state index contributed by atoms with van der Waals surface area (Å²) in [7, 11) is -1.05. The Morgan fingerprint density at radius 1 is 1.10 bits per heavy atom. The minimum Gasteiger partial charge on any atom is -0.360 e. The van der Waals surface area contributed by atoms with Crippen LogP contribution in [0.5, 0.6) is 0 Å². The Labute approximate surface area is 122 Å². The second-order valence-corrected chi connectivity index (χ2v) is 11.2. The van der Waals surface area contributed by atoms with Crippen LogP contribution in [0.15, 0.2) is 30.5 Å². The molecule has 0 fully saturated rings. The first kappa shape index (κ1) is 15.3. The third-order valence-corrected chi connectivity index (χ3v) is 10.6. The summed E-state index contributed by atoms with van der Waals surface area (Å²) in [5.74, 6) is 0. The van der Waals surface area contributed by atoms with Crippen LogP contribution < -0.4 is 0 Å². The highest BCUT2D eigenvalue weighted by Gasteiger charge is 2.25. The van der Waals surface area contributed by atoms with Crippen molar-refractivity contribution >= 4 is 19.0 Å². The summed E-state index contributed by atoms with van der Waals surface area (Å²) in [4.78, 5) is 0. The van der Waals surface area contributed by atoms with Crippen molar-refractivity contribution in [3.05, 3.63) is 30.5 Å². The molecule has 2 rings (SSSR count). The predicted molar refractivity (Wildman–Crippen MR) is 87.7 cm³/mol. The molecule has 1 aromatic heterocycles. The van der Waals surface area contributed by atoms with E-state index in [9.17, 15) is 0 Å². The van der Waals surface area contributed by atoms with Gasteiger partial charge in [-0.3, -0.25) is 0 Å². The minimum atomic E-state index is -1.05. The van der Waals surface area contributed by atoms with E-state index in [2.05, 4.69) is 38.0 Å². The Morgan fingerprint density at radius 2 is 1.80 bits per heavy atom. The molecule has 0 spiro atoms. The first-order valence-corrected chi connectivity index (χ1v) is 10.6. The highest BCUT2D eigenvalue weighted by atomic mass is 28.3. The van der Waals surface area contributed by atoms with Crippen LogP contribution in [0.4, 0.5) is 0 Å². The lowest BCUT2D eigenvalue weighted by Crippen LogP contribution is -2.32. The van der Waals surface area contributed by atoms with Crippen molar-refractivity contribution in [1.29, 1.82) is 0 Å². The molecule has 2 aromatic rings. The van der Waals surface area contributed by atoms with Gasteiger partial charge in [0.15, 0.2) is 0 Å². The summed E-state index contributed by atoms with van der Waals surface area (Å²) >= 11 is 0. The van der Waals surface area contributed by atoms with Gasteiger partial charge in [0.25, 0.3) is 0 Å². The van der Waals surface area contributed by atoms with E-state index in [1.54, 1.807) is 0 Å². The Hall–Kier alpha value is -1.13. The van der Waals surface area contributed by atoms with Crippen LogP contribution in [0.25, 0.3) is 10.9 Å². The monoisotopic (exact) mass is 290 g/mol. The molecule has 110 valence electrons. The van der Waals surface area contributed by atoms with Crippen LogP contribution in [0.2, 0.25) is 24.2 Å². The average Bonchev–Trinajstić information content (AvgIpc) is 2.92. The molecule has 3 nitrogen and oxygen atoms in total. The molecule has 0 radical (unpaired) electrons. The smallest absolute Gasteiger partial charge is 0.139 e. The molecule has 0 saturated heterocycles. The summed E-state index contributed by atoms with van der Waals surface area (Å²) in [6, 6.07) is 13.6. The highest BCUT2D eigenvalue weighted by molar-refractivity contribution is 6.79. The van der Waals surface area contributed by atoms with Gasteiger partial charge >= 0.3 is 0 Å². The second kappa shape index (κ2) is 7.04. The highest BCUT2D eigenvalue weighted by Crippen LogP contribution is 2.25. The molecule has 20 heavy (non-hydrogen) atoms. The number of hydrogen-bond acceptors (Lipinski definition) is 2. The molecule has 0 amide bonds. The van der Waals surface area contributed by atoms with E-state index in [0.29, 0.717) is 6.73 Å². The van der Waals surface area contributed by atoms with E-state index in [0.717, 1.165) is 12.1 Å². The van der Waals surface area contributed by atoms with Crippen molar-refractivity contribution in [3.63, 3.8) is 0 Å². The van der Waals surface area contributed by atoms with Crippen LogP contribution in [-0.4, -0.2) is 24.5 Å². The molecule has 0 unspecified atom stereocenters. The molecular weight excluding hydrogens is 264 g/mol. The van der Waals surface area contributed by atoms with E-state index in [1.807, 2.05) is 23.0 Å². The van der Waals surface area contributed by atoms with Gasteiger partial charge in [-0.2, -0.15) is 5.10 Å². The third-order valence-electron chi connectivity index (χ3n) is 4.79. The minimum absolute atomic E-state index is 0.565. The lowest BCUT2D eigenvalue weighted by molar-refractivity contribution is 0.0814. The molecule has 4 heteroatoms. The van der Waals surface area contributed by atoms with Crippen molar-refractivity contribution in [3.8, 4) is 0 Å². The number of hydrogen-bond donors (Lipinski definition) is 0. The van der Waals surface area contributed by atoms with E-state index < -0.39 is 8.07 Å². The van der Waals surface area contributed by atoms with Crippen LogP contribution in [0, 0.1) is 0 Å². The number of fused-ring (bicyclic) bond motifs is 1. The van der Waals surface area contributed by atoms with Gasteiger partial charge in [0.05, 0.1) is 19.8 Å². The molecule has 0 aliphatic carbocycles. The second-order valence-electron chi connectivity index (χ2n) is 5.55. The topological polar surface area (TPSA) is 27.1 Å². The van der Waals surface area contributed by atoms with E-state index in [-0.39, 0.29) is 0 Å². The molecule has 1 heterocycles. The number of rotatable bonds is 8. The maximum absolute atomic E-state index is 5.88. The summed E-state index contributed by atoms with van der Waals surface area (Å²) < 4.78 is 7.83. The Kier molecular flexibility index (Phi) is 5.37. The van der Waals surface area contributed by atoms with E-state index >= 15 is 0 Å². The normalized spacial score (nSPS) is 12.2. The first-order valence-electron chi connectivity index (χ1n) is 7.73. The Morgan fingerprint density at radius 3 is 2.50 bits per heavy atom. The summed E-state index contributed by atoms with van der Waals surface area (Å²) in [5.41, 5.74) is 1.15. The summed E-state index contributed by atoms with van der Waals surface area (Å²) in [5, 5.41) is 5.57. The van der Waals surface area contributed by atoms with E-state index in [1.165, 1.54) is 29.6 Å². The maximum atomic E-state index is 5.88. The molecule has 1 aromatic carbocycles. The van der Waals surface area contributed by atoms with Crippen LogP contribution >= 0.6 is 0 Å². The van der Waals surface area contributed by atoms with Crippen LogP contribution in [-0.2, 0) is 11.5 Å². The number of para-hydroxylation sites is 1. The molecule has 0 aliphatic heterocycles. The maximum Gasteiger partial charge on any atom is 0.139 e. The van der Waals surface area contributed by atoms with Gasteiger partial charge in [0, 0.05) is 12.0 Å². The number of benzene rings is 1. The van der Waals surface area contributed by atoms with Crippen LogP contribution in [0.1, 0.15) is 20.8 Å². The number of ether oxygens (including phenoxy) is 1. The van der Waals surface area contributed by atoms with Gasteiger partial charge in [0.2, 0.25) is 0 Å². The third kappa shape index (κ3) is 3.30. The fraction of sp³-hybridized carbons (Fsp3) is 0.562. The quantitative estimate of drug-likeness (QED) is 0.528. The standard InChI is InChI=1S/C16H26N2OSi/c1-4-20(5-2,6-3)12-11-19-14-18-16-10-8-7-9-15(16)13-17-18/h7-10,13H,4-6,11-12,14H2,1-3H3. The zero-order valence-electron chi connectivity index (χ0n) is 12.9. The average molecular weight is 290 g/mol. The number of nitrogens with zero attached hydrogens (tertiary/aromatic N) is 2. The first-order chi connectivity index (χ1) is 9.74. The van der Waals surface area contributed by atoms with Crippen molar-refractivity contribution in [2.45, 2.75) is 51.7 Å².